The molecule has 0 aliphatic carbocycles. The van der Waals surface area contributed by atoms with Gasteiger partial charge < -0.3 is 15.0 Å². The lowest BCUT2D eigenvalue weighted by atomic mass is 10.1. The van der Waals surface area contributed by atoms with Crippen molar-refractivity contribution >= 4 is 11.8 Å². The fourth-order valence-corrected chi connectivity index (χ4v) is 2.02. The van der Waals surface area contributed by atoms with Crippen LogP contribution in [0, 0.1) is 12.7 Å². The van der Waals surface area contributed by atoms with Crippen molar-refractivity contribution in [1.82, 2.24) is 4.90 Å². The van der Waals surface area contributed by atoms with Crippen LogP contribution in [0.4, 0.5) is 14.9 Å². The first kappa shape index (κ1) is 14.6. The predicted octanol–water partition coefficient (Wildman–Crippen LogP) is 3.17. The predicted molar refractivity (Wildman–Crippen MR) is 76.4 cm³/mol. The fraction of sp³-hybridized carbons (Fsp3) is 0.533. The van der Waals surface area contributed by atoms with Crippen LogP contribution in [0.3, 0.4) is 0 Å². The van der Waals surface area contributed by atoms with Crippen molar-refractivity contribution in [1.29, 1.82) is 0 Å². The summed E-state index contributed by atoms with van der Waals surface area (Å²) in [6.45, 7) is 8.60. The molecule has 2 rings (SSSR count). The zero-order chi connectivity index (χ0) is 14.9. The molecule has 0 aromatic heterocycles. The van der Waals surface area contributed by atoms with Crippen molar-refractivity contribution in [3.05, 3.63) is 29.6 Å². The monoisotopic (exact) mass is 280 g/mol. The molecule has 0 unspecified atom stereocenters. The highest BCUT2D eigenvalue weighted by atomic mass is 19.1. The average molecular weight is 280 g/mol. The lowest BCUT2D eigenvalue weighted by Crippen LogP contribution is -2.58. The summed E-state index contributed by atoms with van der Waals surface area (Å²) in [5.74, 6) is -0.263. The van der Waals surface area contributed by atoms with E-state index in [9.17, 15) is 9.18 Å². The second-order valence-electron chi connectivity index (χ2n) is 6.19. The van der Waals surface area contributed by atoms with Gasteiger partial charge in [0.2, 0.25) is 0 Å². The van der Waals surface area contributed by atoms with Crippen LogP contribution in [0.2, 0.25) is 0 Å². The Hall–Kier alpha value is -1.78. The summed E-state index contributed by atoms with van der Waals surface area (Å²) < 4.78 is 18.5. The Morgan fingerprint density at radius 3 is 2.65 bits per heavy atom. The molecule has 1 N–H and O–H groups in total. The molecule has 0 saturated carbocycles. The summed E-state index contributed by atoms with van der Waals surface area (Å²) in [4.78, 5) is 13.4. The molecule has 5 heteroatoms. The summed E-state index contributed by atoms with van der Waals surface area (Å²) in [5, 5.41) is 3.25. The van der Waals surface area contributed by atoms with E-state index in [0.717, 1.165) is 11.3 Å². The molecule has 110 valence electrons. The van der Waals surface area contributed by atoms with Crippen LogP contribution in [-0.2, 0) is 4.74 Å². The average Bonchev–Trinajstić information content (AvgIpc) is 2.24. The number of halogens is 1. The van der Waals surface area contributed by atoms with Gasteiger partial charge in [0, 0.05) is 18.8 Å². The van der Waals surface area contributed by atoms with Crippen molar-refractivity contribution in [3.8, 4) is 0 Å². The second kappa shape index (κ2) is 5.31. The van der Waals surface area contributed by atoms with Gasteiger partial charge >= 0.3 is 6.09 Å². The number of nitrogens with zero attached hydrogens (tertiary/aromatic N) is 1. The first-order valence-electron chi connectivity index (χ1n) is 6.75. The van der Waals surface area contributed by atoms with Crippen LogP contribution in [0.15, 0.2) is 18.2 Å². The number of ether oxygens (including phenoxy) is 1. The molecule has 1 heterocycles. The molecule has 1 aromatic rings. The third-order valence-corrected chi connectivity index (χ3v) is 3.09. The van der Waals surface area contributed by atoms with Crippen molar-refractivity contribution in [2.75, 3.05) is 18.4 Å². The minimum absolute atomic E-state index is 0.142. The van der Waals surface area contributed by atoms with Gasteiger partial charge in [-0.1, -0.05) is 6.07 Å². The van der Waals surface area contributed by atoms with E-state index < -0.39 is 5.60 Å². The SMILES string of the molecule is Cc1ccc(F)cc1NC1CN(C(=O)OC(C)(C)C)C1. The summed E-state index contributed by atoms with van der Waals surface area (Å²) in [6, 6.07) is 4.80. The number of rotatable bonds is 2. The Bertz CT molecular complexity index is 505. The molecule has 1 aliphatic heterocycles. The number of anilines is 1. The molecule has 20 heavy (non-hydrogen) atoms. The molecular weight excluding hydrogens is 259 g/mol. The van der Waals surface area contributed by atoms with Crippen molar-refractivity contribution in [2.24, 2.45) is 0 Å². The topological polar surface area (TPSA) is 41.6 Å². The molecule has 1 saturated heterocycles. The fourth-order valence-electron chi connectivity index (χ4n) is 2.02. The second-order valence-corrected chi connectivity index (χ2v) is 6.19. The minimum atomic E-state index is -0.477. The van der Waals surface area contributed by atoms with Gasteiger partial charge in [-0.05, 0) is 45.4 Å². The van der Waals surface area contributed by atoms with Crippen LogP contribution in [-0.4, -0.2) is 35.7 Å². The zero-order valence-electron chi connectivity index (χ0n) is 12.4. The lowest BCUT2D eigenvalue weighted by molar-refractivity contribution is 0.0105. The number of aryl methyl sites for hydroxylation is 1. The van der Waals surface area contributed by atoms with Gasteiger partial charge in [-0.25, -0.2) is 9.18 Å². The van der Waals surface area contributed by atoms with E-state index in [1.165, 1.54) is 12.1 Å². The van der Waals surface area contributed by atoms with Crippen LogP contribution in [0.5, 0.6) is 0 Å². The van der Waals surface area contributed by atoms with E-state index in [1.807, 2.05) is 27.7 Å². The van der Waals surface area contributed by atoms with Crippen LogP contribution in [0.1, 0.15) is 26.3 Å². The zero-order valence-corrected chi connectivity index (χ0v) is 12.4. The first-order chi connectivity index (χ1) is 9.24. The molecular formula is C15H21FN2O2. The Balaban J connectivity index is 1.85. The van der Waals surface area contributed by atoms with E-state index in [1.54, 1.807) is 11.0 Å². The van der Waals surface area contributed by atoms with Crippen LogP contribution >= 0.6 is 0 Å². The van der Waals surface area contributed by atoms with Crippen molar-refractivity contribution in [2.45, 2.75) is 39.3 Å². The highest BCUT2D eigenvalue weighted by molar-refractivity contribution is 5.70. The maximum Gasteiger partial charge on any atom is 0.410 e. The highest BCUT2D eigenvalue weighted by Gasteiger charge is 2.33. The lowest BCUT2D eigenvalue weighted by Gasteiger charge is -2.40. The Kier molecular flexibility index (Phi) is 3.88. The van der Waals surface area contributed by atoms with E-state index in [4.69, 9.17) is 4.74 Å². The van der Waals surface area contributed by atoms with Crippen molar-refractivity contribution < 1.29 is 13.9 Å². The number of carbonyl (C=O) groups is 1. The highest BCUT2D eigenvalue weighted by Crippen LogP contribution is 2.21. The number of carbonyl (C=O) groups excluding carboxylic acids is 1. The number of likely N-dealkylation sites (tertiary alicyclic amines) is 1. The smallest absolute Gasteiger partial charge is 0.410 e. The van der Waals surface area contributed by atoms with Crippen molar-refractivity contribution in [3.63, 3.8) is 0 Å². The summed E-state index contributed by atoms with van der Waals surface area (Å²) in [5.41, 5.74) is 1.29. The van der Waals surface area contributed by atoms with Gasteiger partial charge in [0.05, 0.1) is 6.04 Å². The van der Waals surface area contributed by atoms with Crippen LogP contribution < -0.4 is 5.32 Å². The summed E-state index contributed by atoms with van der Waals surface area (Å²) in [6.07, 6.45) is -0.300. The van der Waals surface area contributed by atoms with Gasteiger partial charge in [0.25, 0.3) is 0 Å². The van der Waals surface area contributed by atoms with Gasteiger partial charge in [-0.3, -0.25) is 0 Å². The molecule has 1 fully saturated rings. The molecule has 1 amide bonds. The normalized spacial score (nSPS) is 15.8. The molecule has 0 spiro atoms. The van der Waals surface area contributed by atoms with Gasteiger partial charge in [-0.15, -0.1) is 0 Å². The Morgan fingerprint density at radius 1 is 1.40 bits per heavy atom. The quantitative estimate of drug-likeness (QED) is 0.904. The molecule has 0 radical (unpaired) electrons. The van der Waals surface area contributed by atoms with E-state index in [-0.39, 0.29) is 18.0 Å². The first-order valence-corrected chi connectivity index (χ1v) is 6.75. The molecule has 4 nitrogen and oxygen atoms in total. The van der Waals surface area contributed by atoms with E-state index in [2.05, 4.69) is 5.32 Å². The van der Waals surface area contributed by atoms with E-state index in [0.29, 0.717) is 13.1 Å². The number of amides is 1. The maximum atomic E-state index is 13.2. The third-order valence-electron chi connectivity index (χ3n) is 3.09. The van der Waals surface area contributed by atoms with Gasteiger partial charge in [0.1, 0.15) is 11.4 Å². The van der Waals surface area contributed by atoms with Crippen LogP contribution in [0.25, 0.3) is 0 Å². The third kappa shape index (κ3) is 3.62. The molecule has 1 aliphatic rings. The minimum Gasteiger partial charge on any atom is -0.444 e. The largest absolute Gasteiger partial charge is 0.444 e. The van der Waals surface area contributed by atoms with Gasteiger partial charge in [0.15, 0.2) is 0 Å². The molecule has 0 bridgehead atoms. The number of hydrogen-bond acceptors (Lipinski definition) is 3. The number of benzene rings is 1. The van der Waals surface area contributed by atoms with Gasteiger partial charge in [-0.2, -0.15) is 0 Å². The Morgan fingerprint density at radius 2 is 2.05 bits per heavy atom. The van der Waals surface area contributed by atoms with E-state index >= 15 is 0 Å². The summed E-state index contributed by atoms with van der Waals surface area (Å²) in [7, 11) is 0. The number of hydrogen-bond donors (Lipinski definition) is 1. The molecule has 0 atom stereocenters. The number of nitrogens with one attached hydrogen (secondary N) is 1. The molecule has 1 aromatic carbocycles. The Labute approximate surface area is 118 Å². The standard InChI is InChI=1S/C15H21FN2O2/c1-10-5-6-11(16)7-13(10)17-12-8-18(9-12)14(19)20-15(2,3)4/h5-7,12,17H,8-9H2,1-4H3. The maximum absolute atomic E-state index is 13.2. The summed E-state index contributed by atoms with van der Waals surface area (Å²) >= 11 is 0.